The van der Waals surface area contributed by atoms with Gasteiger partial charge in [-0.3, -0.25) is 0 Å². The van der Waals surface area contributed by atoms with Crippen molar-refractivity contribution in [1.82, 2.24) is 0 Å². The highest BCUT2D eigenvalue weighted by Crippen LogP contribution is 2.34. The van der Waals surface area contributed by atoms with E-state index in [2.05, 4.69) is 85.8 Å². The van der Waals surface area contributed by atoms with Crippen LogP contribution in [-0.4, -0.2) is 0 Å². The summed E-state index contributed by atoms with van der Waals surface area (Å²) in [7, 11) is 0. The summed E-state index contributed by atoms with van der Waals surface area (Å²) < 4.78 is 0. The van der Waals surface area contributed by atoms with Crippen LogP contribution < -0.4 is 0 Å². The number of fused-ring (bicyclic) bond motifs is 6. The van der Waals surface area contributed by atoms with E-state index in [0.29, 0.717) is 0 Å². The van der Waals surface area contributed by atoms with Crippen molar-refractivity contribution in [3.05, 3.63) is 84.4 Å². The van der Waals surface area contributed by atoms with E-state index in [0.717, 1.165) is 0 Å². The van der Waals surface area contributed by atoms with Crippen LogP contribution in [0.25, 0.3) is 43.1 Å². The number of hydrogen-bond donors (Lipinski definition) is 0. The average Bonchev–Trinajstić information content (AvgIpc) is 2.60. The van der Waals surface area contributed by atoms with E-state index in [9.17, 15) is 0 Å². The lowest BCUT2D eigenvalue weighted by molar-refractivity contribution is 1.54. The van der Waals surface area contributed by atoms with E-state index in [-0.39, 0.29) is 0 Å². The Morgan fingerprint density at radius 2 is 1.13 bits per heavy atom. The normalized spacial score (nSPS) is 11.7. The molecule has 0 nitrogen and oxygen atoms in total. The molecule has 0 bridgehead atoms. The van der Waals surface area contributed by atoms with Gasteiger partial charge in [0.15, 0.2) is 0 Å². The summed E-state index contributed by atoms with van der Waals surface area (Å²) in [5, 5.41) is 10.6. The molecule has 5 aromatic carbocycles. The van der Waals surface area contributed by atoms with Crippen LogP contribution in [0.2, 0.25) is 0 Å². The second kappa shape index (κ2) is 4.57. The predicted octanol–water partition coefficient (Wildman–Crippen LogP) is 6.61. The minimum Gasteiger partial charge on any atom is -0.0616 e. The Hall–Kier alpha value is -2.86. The first-order valence-electron chi connectivity index (χ1n) is 8.05. The maximum atomic E-state index is 2.36. The molecule has 0 fully saturated rings. The summed E-state index contributed by atoms with van der Waals surface area (Å²) in [5.41, 5.74) is 1.34. The Morgan fingerprint density at radius 1 is 0.435 bits per heavy atom. The highest BCUT2D eigenvalue weighted by Gasteiger charge is 2.06. The van der Waals surface area contributed by atoms with E-state index >= 15 is 0 Å². The van der Waals surface area contributed by atoms with E-state index in [1.54, 1.807) is 0 Å². The molecule has 0 aliphatic heterocycles. The molecule has 0 saturated heterocycles. The van der Waals surface area contributed by atoms with Crippen LogP contribution in [-0.2, 0) is 0 Å². The maximum Gasteiger partial charge on any atom is -0.00987 e. The molecule has 0 heterocycles. The van der Waals surface area contributed by atoms with Crippen molar-refractivity contribution in [1.29, 1.82) is 0 Å². The summed E-state index contributed by atoms with van der Waals surface area (Å²) in [5.74, 6) is 0. The molecule has 0 aliphatic carbocycles. The molecule has 0 aromatic heterocycles. The molecule has 23 heavy (non-hydrogen) atoms. The van der Waals surface area contributed by atoms with Gasteiger partial charge in [0.2, 0.25) is 0 Å². The van der Waals surface area contributed by atoms with Gasteiger partial charge in [0, 0.05) is 0 Å². The van der Waals surface area contributed by atoms with Gasteiger partial charge in [-0.2, -0.15) is 0 Å². The minimum atomic E-state index is 1.30. The molecule has 0 atom stereocenters. The van der Waals surface area contributed by atoms with Gasteiger partial charge in [0.1, 0.15) is 0 Å². The van der Waals surface area contributed by atoms with Crippen LogP contribution in [0.15, 0.2) is 78.9 Å². The van der Waals surface area contributed by atoms with Crippen LogP contribution in [0.5, 0.6) is 0 Å². The molecule has 0 spiro atoms. The lowest BCUT2D eigenvalue weighted by atomic mass is 9.94. The molecule has 0 radical (unpaired) electrons. The zero-order valence-corrected chi connectivity index (χ0v) is 13.0. The van der Waals surface area contributed by atoms with Crippen LogP contribution in [0, 0.1) is 6.92 Å². The third-order valence-corrected chi connectivity index (χ3v) is 4.96. The Morgan fingerprint density at radius 3 is 2.04 bits per heavy atom. The first kappa shape index (κ1) is 12.7. The highest BCUT2D eigenvalue weighted by atomic mass is 14.1. The number of benzene rings is 5. The third kappa shape index (κ3) is 1.78. The SMILES string of the molecule is Cc1cccc2cc3ccc4c5ccccc5ccc4c3cc12. The smallest absolute Gasteiger partial charge is 0.00987 e. The van der Waals surface area contributed by atoms with Crippen molar-refractivity contribution < 1.29 is 0 Å². The zero-order valence-electron chi connectivity index (χ0n) is 13.0. The number of rotatable bonds is 0. The van der Waals surface area contributed by atoms with Crippen LogP contribution in [0.1, 0.15) is 5.56 Å². The van der Waals surface area contributed by atoms with Gasteiger partial charge in [-0.1, -0.05) is 66.7 Å². The fraction of sp³-hybridized carbons (Fsp3) is 0.0435. The molecule has 5 rings (SSSR count). The summed E-state index contributed by atoms with van der Waals surface area (Å²) >= 11 is 0. The molecule has 0 heteroatoms. The monoisotopic (exact) mass is 292 g/mol. The molecule has 0 unspecified atom stereocenters. The molecular weight excluding hydrogens is 276 g/mol. The zero-order chi connectivity index (χ0) is 15.4. The first-order chi connectivity index (χ1) is 11.3. The van der Waals surface area contributed by atoms with Crippen LogP contribution in [0.3, 0.4) is 0 Å². The van der Waals surface area contributed by atoms with Gasteiger partial charge in [0.05, 0.1) is 0 Å². The standard InChI is InChI=1S/C23H16/c1-15-5-4-7-17-13-18-10-12-20-19-8-3-2-6-16(19)9-11-21(20)23(18)14-22(15)17/h2-14H,1H3. The molecule has 108 valence electrons. The molecule has 0 aliphatic rings. The van der Waals surface area contributed by atoms with Crippen molar-refractivity contribution in [2.24, 2.45) is 0 Å². The predicted molar refractivity (Wildman–Crippen MR) is 101 cm³/mol. The lowest BCUT2D eigenvalue weighted by Crippen LogP contribution is -1.83. The average molecular weight is 292 g/mol. The summed E-state index contributed by atoms with van der Waals surface area (Å²) in [6, 6.07) is 28.8. The van der Waals surface area contributed by atoms with E-state index in [4.69, 9.17) is 0 Å². The van der Waals surface area contributed by atoms with Gasteiger partial charge in [-0.15, -0.1) is 0 Å². The maximum absolute atomic E-state index is 2.36. The molecule has 0 N–H and O–H groups in total. The third-order valence-electron chi connectivity index (χ3n) is 4.96. The van der Waals surface area contributed by atoms with Gasteiger partial charge in [-0.25, -0.2) is 0 Å². The number of aryl methyl sites for hydroxylation is 1. The second-order valence-electron chi connectivity index (χ2n) is 6.32. The molecule has 0 amide bonds. The minimum absolute atomic E-state index is 1.30. The van der Waals surface area contributed by atoms with Crippen molar-refractivity contribution in [3.8, 4) is 0 Å². The van der Waals surface area contributed by atoms with Crippen molar-refractivity contribution in [2.75, 3.05) is 0 Å². The fourth-order valence-corrected chi connectivity index (χ4v) is 3.75. The quantitative estimate of drug-likeness (QED) is 0.222. The van der Waals surface area contributed by atoms with Crippen molar-refractivity contribution in [2.45, 2.75) is 6.92 Å². The highest BCUT2D eigenvalue weighted by molar-refractivity contribution is 6.19. The van der Waals surface area contributed by atoms with E-state index < -0.39 is 0 Å². The van der Waals surface area contributed by atoms with Gasteiger partial charge in [0.25, 0.3) is 0 Å². The summed E-state index contributed by atoms with van der Waals surface area (Å²) in [6.07, 6.45) is 0. The van der Waals surface area contributed by atoms with E-state index in [1.807, 2.05) is 0 Å². The van der Waals surface area contributed by atoms with Crippen LogP contribution >= 0.6 is 0 Å². The number of hydrogen-bond acceptors (Lipinski definition) is 0. The van der Waals surface area contributed by atoms with Gasteiger partial charge >= 0.3 is 0 Å². The van der Waals surface area contributed by atoms with Crippen molar-refractivity contribution in [3.63, 3.8) is 0 Å². The Kier molecular flexibility index (Phi) is 2.51. The van der Waals surface area contributed by atoms with Crippen molar-refractivity contribution >= 4 is 43.1 Å². The van der Waals surface area contributed by atoms with E-state index in [1.165, 1.54) is 48.7 Å². The molecular formula is C23H16. The van der Waals surface area contributed by atoms with Gasteiger partial charge < -0.3 is 0 Å². The Labute approximate surface area is 135 Å². The molecule has 0 saturated carbocycles. The first-order valence-corrected chi connectivity index (χ1v) is 8.05. The molecule has 5 aromatic rings. The summed E-state index contributed by atoms with van der Waals surface area (Å²) in [4.78, 5) is 0. The Bertz CT molecular complexity index is 1210. The summed E-state index contributed by atoms with van der Waals surface area (Å²) in [6.45, 7) is 2.19. The lowest BCUT2D eigenvalue weighted by Gasteiger charge is -2.10. The van der Waals surface area contributed by atoms with Gasteiger partial charge in [-0.05, 0) is 67.7 Å². The fourth-order valence-electron chi connectivity index (χ4n) is 3.75. The largest absolute Gasteiger partial charge is 0.0616 e. The second-order valence-corrected chi connectivity index (χ2v) is 6.32. The Balaban J connectivity index is 2.02. The van der Waals surface area contributed by atoms with Crippen LogP contribution in [0.4, 0.5) is 0 Å². The topological polar surface area (TPSA) is 0 Å².